The molecule has 0 aromatic heterocycles. The number of benzene rings is 3. The molecule has 1 amide bonds. The van der Waals surface area contributed by atoms with Gasteiger partial charge in [0.25, 0.3) is 5.91 Å². The molecular formula is C24H22N2O4S. The highest BCUT2D eigenvalue weighted by Crippen LogP contribution is 2.38. The highest BCUT2D eigenvalue weighted by molar-refractivity contribution is 7.90. The maximum Gasteiger partial charge on any atom is 0.274 e. The number of hydrogen-bond donors (Lipinski definition) is 0. The van der Waals surface area contributed by atoms with Crippen LogP contribution in [0.5, 0.6) is 5.75 Å². The Morgan fingerprint density at radius 3 is 2.26 bits per heavy atom. The average molecular weight is 435 g/mol. The van der Waals surface area contributed by atoms with E-state index in [1.807, 2.05) is 54.6 Å². The fourth-order valence-electron chi connectivity index (χ4n) is 3.66. The van der Waals surface area contributed by atoms with Crippen LogP contribution in [0.3, 0.4) is 0 Å². The third-order valence-electron chi connectivity index (χ3n) is 5.25. The number of nitrogens with zero attached hydrogens (tertiary/aromatic N) is 2. The predicted molar refractivity (Wildman–Crippen MR) is 119 cm³/mol. The Kier molecular flexibility index (Phi) is 5.61. The van der Waals surface area contributed by atoms with E-state index in [1.54, 1.807) is 7.11 Å². The number of carbonyl (C=O) groups is 1. The number of hydrazone groups is 1. The molecule has 7 heteroatoms. The molecule has 0 saturated carbocycles. The molecule has 3 aromatic rings. The van der Waals surface area contributed by atoms with E-state index in [0.717, 1.165) is 23.1 Å². The molecule has 0 fully saturated rings. The van der Waals surface area contributed by atoms with Crippen LogP contribution in [0.2, 0.25) is 0 Å². The molecule has 1 heterocycles. The normalized spacial score (nSPS) is 16.1. The van der Waals surface area contributed by atoms with Crippen molar-refractivity contribution in [3.05, 3.63) is 95.6 Å². The fourth-order valence-corrected chi connectivity index (χ4v) is 4.29. The van der Waals surface area contributed by atoms with E-state index in [1.165, 1.54) is 29.3 Å². The standard InChI is InChI=1S/C24H22N2O4S/c1-30-23-11-7-6-10-20(23)22-16-21(17-8-4-3-5-9-17)25-26(22)24(27)18-12-14-19(15-13-18)31(2,28)29/h3-15,22H,16H2,1-2H3. The van der Waals surface area contributed by atoms with Gasteiger partial charge >= 0.3 is 0 Å². The van der Waals surface area contributed by atoms with Crippen LogP contribution < -0.4 is 4.74 Å². The summed E-state index contributed by atoms with van der Waals surface area (Å²) in [5, 5.41) is 6.13. The molecule has 4 rings (SSSR count). The van der Waals surface area contributed by atoms with Crippen molar-refractivity contribution >= 4 is 21.5 Å². The molecule has 0 spiro atoms. The van der Waals surface area contributed by atoms with Gasteiger partial charge in [-0.25, -0.2) is 13.4 Å². The molecule has 158 valence electrons. The number of methoxy groups -OCH3 is 1. The Labute approximate surface area is 181 Å². The lowest BCUT2D eigenvalue weighted by Crippen LogP contribution is -2.27. The largest absolute Gasteiger partial charge is 0.496 e. The van der Waals surface area contributed by atoms with Crippen molar-refractivity contribution < 1.29 is 17.9 Å². The first-order chi connectivity index (χ1) is 14.9. The SMILES string of the molecule is COc1ccccc1C1CC(c2ccccc2)=NN1C(=O)c1ccc(S(C)(=O)=O)cc1. The van der Waals surface area contributed by atoms with E-state index in [-0.39, 0.29) is 16.8 Å². The second-order valence-electron chi connectivity index (χ2n) is 7.32. The second-order valence-corrected chi connectivity index (χ2v) is 9.34. The van der Waals surface area contributed by atoms with Gasteiger partial charge in [-0.05, 0) is 35.9 Å². The Morgan fingerprint density at radius 2 is 1.61 bits per heavy atom. The summed E-state index contributed by atoms with van der Waals surface area (Å²) >= 11 is 0. The summed E-state index contributed by atoms with van der Waals surface area (Å²) in [6, 6.07) is 22.9. The van der Waals surface area contributed by atoms with Crippen LogP contribution in [0, 0.1) is 0 Å². The smallest absolute Gasteiger partial charge is 0.274 e. The van der Waals surface area contributed by atoms with Crippen molar-refractivity contribution in [1.82, 2.24) is 5.01 Å². The number of hydrogen-bond acceptors (Lipinski definition) is 5. The minimum atomic E-state index is -3.34. The molecule has 1 atom stereocenters. The minimum Gasteiger partial charge on any atom is -0.496 e. The molecule has 0 aliphatic carbocycles. The summed E-state index contributed by atoms with van der Waals surface area (Å²) in [6.45, 7) is 0. The Hall–Kier alpha value is -3.45. The van der Waals surface area contributed by atoms with Crippen molar-refractivity contribution in [3.63, 3.8) is 0 Å². The summed E-state index contributed by atoms with van der Waals surface area (Å²) in [4.78, 5) is 13.6. The first kappa shape index (κ1) is 20.8. The first-order valence-electron chi connectivity index (χ1n) is 9.78. The zero-order valence-electron chi connectivity index (χ0n) is 17.2. The maximum absolute atomic E-state index is 13.4. The summed E-state index contributed by atoms with van der Waals surface area (Å²) in [5.41, 5.74) is 2.98. The summed E-state index contributed by atoms with van der Waals surface area (Å²) in [5.74, 6) is 0.379. The lowest BCUT2D eigenvalue weighted by Gasteiger charge is -2.23. The van der Waals surface area contributed by atoms with Gasteiger partial charge in [0.15, 0.2) is 9.84 Å². The van der Waals surface area contributed by atoms with E-state index in [2.05, 4.69) is 5.10 Å². The van der Waals surface area contributed by atoms with Gasteiger partial charge in [0.2, 0.25) is 0 Å². The highest BCUT2D eigenvalue weighted by Gasteiger charge is 2.35. The van der Waals surface area contributed by atoms with Gasteiger partial charge in [-0.2, -0.15) is 5.10 Å². The molecule has 1 aliphatic rings. The van der Waals surface area contributed by atoms with E-state index in [9.17, 15) is 13.2 Å². The van der Waals surface area contributed by atoms with Crippen molar-refractivity contribution in [3.8, 4) is 5.75 Å². The lowest BCUT2D eigenvalue weighted by molar-refractivity contribution is 0.0709. The molecule has 0 N–H and O–H groups in total. The minimum absolute atomic E-state index is 0.167. The number of carbonyl (C=O) groups excluding carboxylic acids is 1. The van der Waals surface area contributed by atoms with Gasteiger partial charge in [-0.3, -0.25) is 4.79 Å². The van der Waals surface area contributed by atoms with Crippen molar-refractivity contribution in [1.29, 1.82) is 0 Å². The van der Waals surface area contributed by atoms with Gasteiger partial charge < -0.3 is 4.74 Å². The maximum atomic E-state index is 13.4. The zero-order chi connectivity index (χ0) is 22.0. The van der Waals surface area contributed by atoms with Crippen LogP contribution in [-0.2, 0) is 9.84 Å². The summed E-state index contributed by atoms with van der Waals surface area (Å²) in [6.07, 6.45) is 1.68. The van der Waals surface area contributed by atoms with Crippen LogP contribution in [0.25, 0.3) is 0 Å². The van der Waals surface area contributed by atoms with Gasteiger partial charge in [-0.15, -0.1) is 0 Å². The summed E-state index contributed by atoms with van der Waals surface area (Å²) in [7, 11) is -1.74. The van der Waals surface area contributed by atoms with Gasteiger partial charge in [-0.1, -0.05) is 48.5 Å². The fraction of sp³-hybridized carbons (Fsp3) is 0.167. The van der Waals surface area contributed by atoms with Gasteiger partial charge in [0, 0.05) is 23.8 Å². The van der Waals surface area contributed by atoms with Gasteiger partial charge in [0.05, 0.1) is 23.8 Å². The Morgan fingerprint density at radius 1 is 0.968 bits per heavy atom. The molecular weight excluding hydrogens is 412 g/mol. The topological polar surface area (TPSA) is 76.0 Å². The quantitative estimate of drug-likeness (QED) is 0.606. The molecule has 31 heavy (non-hydrogen) atoms. The van der Waals surface area contributed by atoms with Crippen LogP contribution in [0.4, 0.5) is 0 Å². The molecule has 6 nitrogen and oxygen atoms in total. The lowest BCUT2D eigenvalue weighted by atomic mass is 9.97. The average Bonchev–Trinajstić information content (AvgIpc) is 3.24. The predicted octanol–water partition coefficient (Wildman–Crippen LogP) is 4.09. The third kappa shape index (κ3) is 4.22. The van der Waals surface area contributed by atoms with Gasteiger partial charge in [0.1, 0.15) is 5.75 Å². The molecule has 0 saturated heterocycles. The zero-order valence-corrected chi connectivity index (χ0v) is 18.0. The van der Waals surface area contributed by atoms with Crippen LogP contribution in [0.15, 0.2) is 88.9 Å². The van der Waals surface area contributed by atoms with Crippen LogP contribution in [0.1, 0.15) is 33.9 Å². The summed E-state index contributed by atoms with van der Waals surface area (Å²) < 4.78 is 29.0. The number of para-hydroxylation sites is 1. The molecule has 0 bridgehead atoms. The van der Waals surface area contributed by atoms with E-state index >= 15 is 0 Å². The Bertz CT molecular complexity index is 1240. The third-order valence-corrected chi connectivity index (χ3v) is 6.38. The highest BCUT2D eigenvalue weighted by atomic mass is 32.2. The number of sulfone groups is 1. The number of amides is 1. The Balaban J connectivity index is 1.74. The van der Waals surface area contributed by atoms with E-state index in [0.29, 0.717) is 17.7 Å². The molecule has 0 radical (unpaired) electrons. The monoisotopic (exact) mass is 434 g/mol. The van der Waals surface area contributed by atoms with Crippen LogP contribution in [-0.4, -0.2) is 38.4 Å². The van der Waals surface area contributed by atoms with Crippen molar-refractivity contribution in [2.24, 2.45) is 5.10 Å². The number of rotatable bonds is 5. The van der Waals surface area contributed by atoms with E-state index < -0.39 is 9.84 Å². The first-order valence-corrected chi connectivity index (χ1v) is 11.7. The van der Waals surface area contributed by atoms with Crippen LogP contribution >= 0.6 is 0 Å². The molecule has 3 aromatic carbocycles. The van der Waals surface area contributed by atoms with E-state index in [4.69, 9.17) is 4.74 Å². The molecule has 1 unspecified atom stereocenters. The molecule has 1 aliphatic heterocycles. The number of ether oxygens (including phenoxy) is 1. The second kappa shape index (κ2) is 8.35. The van der Waals surface area contributed by atoms with Crippen molar-refractivity contribution in [2.75, 3.05) is 13.4 Å². The van der Waals surface area contributed by atoms with Crippen molar-refractivity contribution in [2.45, 2.75) is 17.4 Å².